The molecule has 6 aromatic rings. The van der Waals surface area contributed by atoms with E-state index in [9.17, 15) is 0 Å². The molecule has 0 bridgehead atoms. The number of ether oxygens (including phenoxy) is 1. The second kappa shape index (κ2) is 15.6. The summed E-state index contributed by atoms with van der Waals surface area (Å²) in [7, 11) is 1.59. The monoisotopic (exact) mass is 908 g/mol. The summed E-state index contributed by atoms with van der Waals surface area (Å²) in [5, 5.41) is 3.60. The molecule has 0 radical (unpaired) electrons. The topological polar surface area (TPSA) is 86.6 Å². The molecule has 50 heavy (non-hydrogen) atoms. The Morgan fingerprint density at radius 2 is 0.780 bits per heavy atom. The summed E-state index contributed by atoms with van der Waals surface area (Å²) in [6.45, 7) is 0. The number of halogens is 12. The van der Waals surface area contributed by atoms with Crippen LogP contribution in [-0.4, -0.2) is 37.0 Å². The first-order valence-corrected chi connectivity index (χ1v) is 18.2. The van der Waals surface area contributed by atoms with E-state index in [0.717, 1.165) is 21.5 Å². The zero-order valence-corrected chi connectivity index (χ0v) is 33.7. The molecule has 6 rings (SSSR count). The highest BCUT2D eigenvalue weighted by Crippen LogP contribution is 2.43. The molecule has 0 atom stereocenters. The van der Waals surface area contributed by atoms with Crippen LogP contribution in [0.3, 0.4) is 0 Å². The summed E-state index contributed by atoms with van der Waals surface area (Å²) in [5.74, 6) is 0.633. The molecular weight excluding hydrogens is 898 g/mol. The lowest BCUT2D eigenvalue weighted by molar-refractivity contribution is 0.420. The van der Waals surface area contributed by atoms with E-state index in [0.29, 0.717) is 16.9 Å². The molecule has 0 fully saturated rings. The van der Waals surface area contributed by atoms with Crippen molar-refractivity contribution in [1.82, 2.24) is 29.9 Å². The first kappa shape index (κ1) is 39.9. The highest BCUT2D eigenvalue weighted by Gasteiger charge is 2.35. The summed E-state index contributed by atoms with van der Waals surface area (Å²) in [4.78, 5) is 25.0. The molecule has 4 aromatic carbocycles. The van der Waals surface area contributed by atoms with Crippen molar-refractivity contribution in [3.63, 3.8) is 0 Å². The number of hydrogen-bond donors (Lipinski definition) is 0. The fraction of sp³-hybridized carbons (Fsp3) is 0.161. The van der Waals surface area contributed by atoms with Gasteiger partial charge in [-0.15, -0.1) is 0 Å². The molecule has 0 spiro atoms. The smallest absolute Gasteiger partial charge is 0.250 e. The number of methoxy groups -OCH3 is 1. The molecule has 0 N–H and O–H groups in total. The highest BCUT2D eigenvalue weighted by molar-refractivity contribution is 6.68. The van der Waals surface area contributed by atoms with Crippen molar-refractivity contribution < 1.29 is 4.74 Å². The summed E-state index contributed by atoms with van der Waals surface area (Å²) in [6, 6.07) is 24.5. The normalized spacial score (nSPS) is 12.5. The lowest BCUT2D eigenvalue weighted by Crippen LogP contribution is -2.16. The maximum atomic E-state index is 5.93. The van der Waals surface area contributed by atoms with Gasteiger partial charge in [0.1, 0.15) is 5.75 Å². The first-order valence-electron chi connectivity index (χ1n) is 13.6. The van der Waals surface area contributed by atoms with Crippen molar-refractivity contribution in [3.8, 4) is 28.5 Å². The fourth-order valence-corrected chi connectivity index (χ4v) is 5.58. The van der Waals surface area contributed by atoms with Crippen LogP contribution in [0.1, 0.15) is 23.3 Å². The number of nitrogens with zero attached hydrogens (tertiary/aromatic N) is 6. The van der Waals surface area contributed by atoms with Gasteiger partial charge in [0.15, 0.2) is 34.9 Å². The van der Waals surface area contributed by atoms with E-state index in [4.69, 9.17) is 144 Å². The summed E-state index contributed by atoms with van der Waals surface area (Å²) in [6.07, 6.45) is 0. The number of hydrogen-bond acceptors (Lipinski definition) is 7. The molecule has 0 unspecified atom stereocenters. The molecule has 0 aliphatic rings. The zero-order chi connectivity index (χ0) is 36.6. The average molecular weight is 914 g/mol. The summed E-state index contributed by atoms with van der Waals surface area (Å²) in [5.41, 5.74) is 1.36. The quantitative estimate of drug-likeness (QED) is 0.163. The van der Waals surface area contributed by atoms with Crippen LogP contribution in [0.2, 0.25) is 0 Å². The van der Waals surface area contributed by atoms with Crippen molar-refractivity contribution in [1.29, 1.82) is 0 Å². The number of fused-ring (bicyclic) bond motifs is 2. The van der Waals surface area contributed by atoms with Crippen LogP contribution in [0.5, 0.6) is 5.75 Å². The SMILES string of the molecule is COc1ccc(-c2nc(C(Cl)(Cl)Cl)nc(C(Cl)(Cl)Cl)n2)c2ccccc12.ClC(Cl)(Cl)c1nc(-c2cccc3ccccc23)nc(C(Cl)(Cl)Cl)n1. The Balaban J connectivity index is 0.000000195. The van der Waals surface area contributed by atoms with Gasteiger partial charge in [-0.05, 0) is 28.3 Å². The Hall–Kier alpha value is -1.30. The van der Waals surface area contributed by atoms with Crippen molar-refractivity contribution >= 4 is 161 Å². The lowest BCUT2D eigenvalue weighted by atomic mass is 10.0. The molecule has 0 saturated heterocycles. The van der Waals surface area contributed by atoms with Crippen LogP contribution in [0.4, 0.5) is 0 Å². The van der Waals surface area contributed by atoms with E-state index in [1.54, 1.807) is 19.2 Å². The predicted molar refractivity (Wildman–Crippen MR) is 209 cm³/mol. The van der Waals surface area contributed by atoms with E-state index in [1.807, 2.05) is 66.7 Å². The third-order valence-corrected chi connectivity index (χ3v) is 8.69. The van der Waals surface area contributed by atoms with Crippen LogP contribution in [0.15, 0.2) is 78.9 Å². The van der Waals surface area contributed by atoms with Gasteiger partial charge >= 0.3 is 0 Å². The van der Waals surface area contributed by atoms with Gasteiger partial charge in [0.05, 0.1) is 7.11 Å². The minimum atomic E-state index is -1.91. The number of aromatic nitrogens is 6. The fourth-order valence-electron chi connectivity index (χ4n) is 4.56. The van der Waals surface area contributed by atoms with Gasteiger partial charge in [0, 0.05) is 16.5 Å². The van der Waals surface area contributed by atoms with Gasteiger partial charge in [0.2, 0.25) is 15.2 Å². The lowest BCUT2D eigenvalue weighted by Gasteiger charge is -2.16. The highest BCUT2D eigenvalue weighted by atomic mass is 35.6. The van der Waals surface area contributed by atoms with Crippen LogP contribution in [0.25, 0.3) is 44.3 Å². The summed E-state index contributed by atoms with van der Waals surface area (Å²) < 4.78 is -2.19. The van der Waals surface area contributed by atoms with Gasteiger partial charge in [-0.3, -0.25) is 0 Å². The first-order chi connectivity index (χ1) is 23.3. The number of benzene rings is 4. The van der Waals surface area contributed by atoms with Crippen LogP contribution in [0, 0.1) is 0 Å². The van der Waals surface area contributed by atoms with Gasteiger partial charge < -0.3 is 4.74 Å². The Bertz CT molecular complexity index is 2110. The number of rotatable bonds is 3. The van der Waals surface area contributed by atoms with E-state index >= 15 is 0 Å². The maximum Gasteiger partial charge on any atom is 0.250 e. The van der Waals surface area contributed by atoms with Gasteiger partial charge in [-0.1, -0.05) is 206 Å². The molecule has 0 saturated carbocycles. The Morgan fingerprint density at radius 3 is 1.22 bits per heavy atom. The van der Waals surface area contributed by atoms with Crippen LogP contribution < -0.4 is 4.74 Å². The largest absolute Gasteiger partial charge is 0.496 e. The standard InChI is InChI=1S/C16H9Cl6N3O.C15H7Cl6N3/c1-26-11-7-6-10(8-4-2-3-5-9(8)11)12-23-13(15(17,18)19)25-14(24-12)16(20,21)22;16-14(17,18)12-22-11(23-13(24-12)15(19,20)21)10-7-3-5-8-4-1-2-6-9(8)10/h2-7H,1H3;1-7H. The molecule has 0 aliphatic heterocycles. The minimum Gasteiger partial charge on any atom is -0.496 e. The van der Waals surface area contributed by atoms with E-state index in [1.165, 1.54) is 0 Å². The van der Waals surface area contributed by atoms with Crippen molar-refractivity contribution in [3.05, 3.63) is 102 Å². The molecular formula is C31H16Cl12N6O. The van der Waals surface area contributed by atoms with E-state index in [2.05, 4.69) is 29.9 Å². The van der Waals surface area contributed by atoms with Gasteiger partial charge in [-0.25, -0.2) is 29.9 Å². The molecule has 7 nitrogen and oxygen atoms in total. The summed E-state index contributed by atoms with van der Waals surface area (Å²) >= 11 is 71.1. The van der Waals surface area contributed by atoms with E-state index in [-0.39, 0.29) is 34.9 Å². The third kappa shape index (κ3) is 9.43. The molecule has 0 amide bonds. The Kier molecular flexibility index (Phi) is 12.4. The van der Waals surface area contributed by atoms with Gasteiger partial charge in [-0.2, -0.15) is 0 Å². The Labute approximate surface area is 345 Å². The van der Waals surface area contributed by atoms with E-state index < -0.39 is 15.2 Å². The molecule has 260 valence electrons. The molecule has 19 heteroatoms. The van der Waals surface area contributed by atoms with Crippen molar-refractivity contribution in [2.75, 3.05) is 7.11 Å². The second-order valence-corrected chi connectivity index (χ2v) is 19.1. The second-order valence-electron chi connectivity index (χ2n) is 9.99. The van der Waals surface area contributed by atoms with Gasteiger partial charge in [0.25, 0.3) is 0 Å². The molecule has 2 aromatic heterocycles. The predicted octanol–water partition coefficient (Wildman–Crippen LogP) is 12.7. The van der Waals surface area contributed by atoms with Crippen LogP contribution in [-0.2, 0) is 15.2 Å². The van der Waals surface area contributed by atoms with Crippen molar-refractivity contribution in [2.24, 2.45) is 0 Å². The van der Waals surface area contributed by atoms with Crippen molar-refractivity contribution in [2.45, 2.75) is 15.2 Å². The maximum absolute atomic E-state index is 5.93. The Morgan fingerprint density at radius 1 is 0.400 bits per heavy atom. The van der Waals surface area contributed by atoms with Crippen LogP contribution >= 0.6 is 139 Å². The third-order valence-electron chi connectivity index (χ3n) is 6.66. The average Bonchev–Trinajstić information content (AvgIpc) is 3.06. The molecule has 0 aliphatic carbocycles. The number of alkyl halides is 12. The zero-order valence-electron chi connectivity index (χ0n) is 24.6. The minimum absolute atomic E-state index is 0.119. The molecule has 2 heterocycles.